The molecular formula is C18H24F2O2. The maximum Gasteiger partial charge on any atom is 0.204 e. The second-order valence-corrected chi connectivity index (χ2v) is 5.70. The first-order valence-electron chi connectivity index (χ1n) is 8.07. The third-order valence-corrected chi connectivity index (χ3v) is 4.03. The van der Waals surface area contributed by atoms with E-state index in [1.165, 1.54) is 30.5 Å². The van der Waals surface area contributed by atoms with Crippen LogP contribution in [0.3, 0.4) is 0 Å². The SMILES string of the molecule is CCCC1CC=C(COc2ccc(OCC)c(F)c2F)CC1. The summed E-state index contributed by atoms with van der Waals surface area (Å²) in [4.78, 5) is 0. The normalized spacial score (nSPS) is 18.0. The van der Waals surface area contributed by atoms with Crippen LogP contribution in [0.2, 0.25) is 0 Å². The Morgan fingerprint density at radius 3 is 2.32 bits per heavy atom. The Morgan fingerprint density at radius 1 is 1.09 bits per heavy atom. The van der Waals surface area contributed by atoms with E-state index in [1.54, 1.807) is 6.92 Å². The van der Waals surface area contributed by atoms with Gasteiger partial charge in [-0.3, -0.25) is 0 Å². The number of hydrogen-bond donors (Lipinski definition) is 0. The van der Waals surface area contributed by atoms with Crippen LogP contribution in [0.1, 0.15) is 46.0 Å². The van der Waals surface area contributed by atoms with Crippen LogP contribution in [0, 0.1) is 17.6 Å². The van der Waals surface area contributed by atoms with E-state index in [-0.39, 0.29) is 11.5 Å². The van der Waals surface area contributed by atoms with Crippen molar-refractivity contribution in [2.45, 2.75) is 46.0 Å². The molecule has 0 saturated heterocycles. The van der Waals surface area contributed by atoms with Gasteiger partial charge in [-0.1, -0.05) is 25.8 Å². The molecule has 0 fully saturated rings. The van der Waals surface area contributed by atoms with Crippen LogP contribution < -0.4 is 9.47 Å². The quantitative estimate of drug-likeness (QED) is 0.639. The fourth-order valence-electron chi connectivity index (χ4n) is 2.81. The van der Waals surface area contributed by atoms with Gasteiger partial charge in [0.2, 0.25) is 11.6 Å². The third-order valence-electron chi connectivity index (χ3n) is 4.03. The summed E-state index contributed by atoms with van der Waals surface area (Å²) in [7, 11) is 0. The molecule has 0 aromatic heterocycles. The Labute approximate surface area is 131 Å². The first kappa shape index (κ1) is 16.8. The average molecular weight is 310 g/mol. The van der Waals surface area contributed by atoms with E-state index in [0.29, 0.717) is 13.2 Å². The molecule has 1 aliphatic carbocycles. The summed E-state index contributed by atoms with van der Waals surface area (Å²) in [5, 5.41) is 0. The van der Waals surface area contributed by atoms with Crippen molar-refractivity contribution in [3.63, 3.8) is 0 Å². The molecule has 1 aromatic rings. The van der Waals surface area contributed by atoms with Gasteiger partial charge in [-0.05, 0) is 49.8 Å². The number of allylic oxidation sites excluding steroid dienone is 1. The van der Waals surface area contributed by atoms with E-state index < -0.39 is 11.6 Å². The summed E-state index contributed by atoms with van der Waals surface area (Å²) in [5.74, 6) is -1.34. The van der Waals surface area contributed by atoms with E-state index in [0.717, 1.165) is 25.2 Å². The summed E-state index contributed by atoms with van der Waals surface area (Å²) in [6.45, 7) is 4.54. The number of rotatable bonds is 7. The highest BCUT2D eigenvalue weighted by Crippen LogP contribution is 2.30. The molecule has 22 heavy (non-hydrogen) atoms. The zero-order valence-electron chi connectivity index (χ0n) is 13.3. The molecule has 0 bridgehead atoms. The molecule has 0 aliphatic heterocycles. The topological polar surface area (TPSA) is 18.5 Å². The Morgan fingerprint density at radius 2 is 1.77 bits per heavy atom. The Kier molecular flexibility index (Phi) is 6.22. The fraction of sp³-hybridized carbons (Fsp3) is 0.556. The molecule has 1 aromatic carbocycles. The van der Waals surface area contributed by atoms with Crippen molar-refractivity contribution in [2.24, 2.45) is 5.92 Å². The lowest BCUT2D eigenvalue weighted by Gasteiger charge is -2.21. The van der Waals surface area contributed by atoms with Crippen molar-refractivity contribution in [1.29, 1.82) is 0 Å². The smallest absolute Gasteiger partial charge is 0.204 e. The summed E-state index contributed by atoms with van der Waals surface area (Å²) in [6, 6.07) is 2.83. The Balaban J connectivity index is 1.94. The third kappa shape index (κ3) is 4.21. The van der Waals surface area contributed by atoms with Gasteiger partial charge in [-0.25, -0.2) is 0 Å². The summed E-state index contributed by atoms with van der Waals surface area (Å²) in [6.07, 6.45) is 7.85. The monoisotopic (exact) mass is 310 g/mol. The summed E-state index contributed by atoms with van der Waals surface area (Å²) >= 11 is 0. The molecule has 1 atom stereocenters. The lowest BCUT2D eigenvalue weighted by Crippen LogP contribution is -2.11. The molecule has 0 saturated carbocycles. The van der Waals surface area contributed by atoms with Crippen molar-refractivity contribution in [3.05, 3.63) is 35.4 Å². The van der Waals surface area contributed by atoms with Crippen molar-refractivity contribution < 1.29 is 18.3 Å². The second-order valence-electron chi connectivity index (χ2n) is 5.70. The van der Waals surface area contributed by atoms with Crippen molar-refractivity contribution in [3.8, 4) is 11.5 Å². The Hall–Kier alpha value is -1.58. The van der Waals surface area contributed by atoms with Crippen molar-refractivity contribution in [1.82, 2.24) is 0 Å². The summed E-state index contributed by atoms with van der Waals surface area (Å²) in [5.41, 5.74) is 1.17. The van der Waals surface area contributed by atoms with Gasteiger partial charge in [0.1, 0.15) is 6.61 Å². The first-order valence-corrected chi connectivity index (χ1v) is 8.07. The highest BCUT2D eigenvalue weighted by atomic mass is 19.2. The van der Waals surface area contributed by atoms with Gasteiger partial charge in [0.15, 0.2) is 11.5 Å². The van der Waals surface area contributed by atoms with E-state index in [2.05, 4.69) is 13.0 Å². The maximum absolute atomic E-state index is 13.9. The van der Waals surface area contributed by atoms with Gasteiger partial charge < -0.3 is 9.47 Å². The van der Waals surface area contributed by atoms with Crippen molar-refractivity contribution in [2.75, 3.05) is 13.2 Å². The highest BCUT2D eigenvalue weighted by Gasteiger charge is 2.17. The molecule has 1 aliphatic rings. The predicted molar refractivity (Wildman–Crippen MR) is 83.4 cm³/mol. The minimum atomic E-state index is -0.986. The molecule has 0 amide bonds. The van der Waals surface area contributed by atoms with Gasteiger partial charge in [0.25, 0.3) is 0 Å². The average Bonchev–Trinajstić information content (AvgIpc) is 2.53. The fourth-order valence-corrected chi connectivity index (χ4v) is 2.81. The van der Waals surface area contributed by atoms with Crippen LogP contribution in [0.5, 0.6) is 11.5 Å². The van der Waals surface area contributed by atoms with Crippen molar-refractivity contribution >= 4 is 0 Å². The molecule has 122 valence electrons. The Bertz CT molecular complexity index is 526. The minimum absolute atomic E-state index is 0.0578. The largest absolute Gasteiger partial charge is 0.491 e. The highest BCUT2D eigenvalue weighted by molar-refractivity contribution is 5.35. The molecule has 0 spiro atoms. The molecule has 4 heteroatoms. The maximum atomic E-state index is 13.9. The van der Waals surface area contributed by atoms with E-state index >= 15 is 0 Å². The molecule has 2 rings (SSSR count). The van der Waals surface area contributed by atoms with Gasteiger partial charge in [-0.2, -0.15) is 8.78 Å². The van der Waals surface area contributed by atoms with Gasteiger partial charge >= 0.3 is 0 Å². The standard InChI is InChI=1S/C18H24F2O2/c1-3-5-13-6-8-14(9-7-13)12-22-16-11-10-15(21-4-2)17(19)18(16)20/h8,10-11,13H,3-7,9,12H2,1-2H3. The number of benzene rings is 1. The second kappa shape index (κ2) is 8.16. The van der Waals surface area contributed by atoms with Crippen LogP contribution >= 0.6 is 0 Å². The molecule has 2 nitrogen and oxygen atoms in total. The van der Waals surface area contributed by atoms with E-state index in [1.807, 2.05) is 0 Å². The lowest BCUT2D eigenvalue weighted by atomic mass is 9.87. The summed E-state index contributed by atoms with van der Waals surface area (Å²) < 4.78 is 38.1. The van der Waals surface area contributed by atoms with Gasteiger partial charge in [0, 0.05) is 0 Å². The number of halogens is 2. The molecule has 0 heterocycles. The molecule has 0 radical (unpaired) electrons. The molecule has 0 N–H and O–H groups in total. The van der Waals surface area contributed by atoms with Crippen LogP contribution in [0.15, 0.2) is 23.8 Å². The number of ether oxygens (including phenoxy) is 2. The van der Waals surface area contributed by atoms with Crippen LogP contribution in [0.25, 0.3) is 0 Å². The van der Waals surface area contributed by atoms with Gasteiger partial charge in [0.05, 0.1) is 6.61 Å². The number of hydrogen-bond acceptors (Lipinski definition) is 2. The first-order chi connectivity index (χ1) is 10.7. The zero-order chi connectivity index (χ0) is 15.9. The van der Waals surface area contributed by atoms with E-state index in [9.17, 15) is 8.78 Å². The molecule has 1 unspecified atom stereocenters. The minimum Gasteiger partial charge on any atom is -0.491 e. The van der Waals surface area contributed by atoms with E-state index in [4.69, 9.17) is 9.47 Å². The van der Waals surface area contributed by atoms with Gasteiger partial charge in [-0.15, -0.1) is 0 Å². The van der Waals surface area contributed by atoms with Crippen LogP contribution in [-0.2, 0) is 0 Å². The zero-order valence-corrected chi connectivity index (χ0v) is 13.3. The van der Waals surface area contributed by atoms with Crippen LogP contribution in [0.4, 0.5) is 8.78 Å². The molecular weight excluding hydrogens is 286 g/mol. The predicted octanol–water partition coefficient (Wildman–Crippen LogP) is 5.27. The van der Waals surface area contributed by atoms with Crippen LogP contribution in [-0.4, -0.2) is 13.2 Å². The lowest BCUT2D eigenvalue weighted by molar-refractivity contribution is 0.291.